The summed E-state index contributed by atoms with van der Waals surface area (Å²) in [4.78, 5) is 37.9. The zero-order valence-electron chi connectivity index (χ0n) is 18.2. The number of carbonyl (C=O) groups is 3. The number of ether oxygens (including phenoxy) is 1. The van der Waals surface area contributed by atoms with Gasteiger partial charge in [-0.15, -0.1) is 0 Å². The third-order valence-corrected chi connectivity index (χ3v) is 4.61. The predicted octanol–water partition coefficient (Wildman–Crippen LogP) is 4.57. The average molecular weight is 490 g/mol. The van der Waals surface area contributed by atoms with Crippen molar-refractivity contribution in [3.63, 3.8) is 0 Å². The van der Waals surface area contributed by atoms with E-state index in [2.05, 4.69) is 26.6 Å². The van der Waals surface area contributed by atoms with Gasteiger partial charge in [0.05, 0.1) is 0 Å². The monoisotopic (exact) mass is 489 g/mol. The van der Waals surface area contributed by atoms with Gasteiger partial charge in [-0.05, 0) is 62.7 Å². The summed E-state index contributed by atoms with van der Waals surface area (Å²) in [5, 5.41) is 5.54. The molecule has 0 fully saturated rings. The van der Waals surface area contributed by atoms with Crippen LogP contribution in [-0.2, 0) is 16.1 Å². The summed E-state index contributed by atoms with van der Waals surface area (Å²) in [5.41, 5.74) is 1.45. The number of rotatable bonds is 7. The molecule has 3 amide bonds. The van der Waals surface area contributed by atoms with Gasteiger partial charge >= 0.3 is 6.09 Å². The van der Waals surface area contributed by atoms with Crippen molar-refractivity contribution in [2.45, 2.75) is 39.3 Å². The van der Waals surface area contributed by atoms with Crippen LogP contribution in [0.2, 0.25) is 0 Å². The molecule has 0 spiro atoms. The molecule has 0 aromatic heterocycles. The number of hydrogen-bond donors (Lipinski definition) is 2. The smallest absolute Gasteiger partial charge is 0.410 e. The predicted molar refractivity (Wildman–Crippen MR) is 124 cm³/mol. The lowest BCUT2D eigenvalue weighted by molar-refractivity contribution is -0.116. The Bertz CT molecular complexity index is 923. The van der Waals surface area contributed by atoms with Gasteiger partial charge in [0.1, 0.15) is 5.60 Å². The molecule has 0 aliphatic rings. The van der Waals surface area contributed by atoms with Gasteiger partial charge in [0.15, 0.2) is 0 Å². The second-order valence-corrected chi connectivity index (χ2v) is 9.01. The highest BCUT2D eigenvalue weighted by Crippen LogP contribution is 2.15. The van der Waals surface area contributed by atoms with Crippen molar-refractivity contribution in [1.29, 1.82) is 0 Å². The fourth-order valence-corrected chi connectivity index (χ4v) is 2.91. The Labute approximate surface area is 191 Å². The number of anilines is 1. The maximum atomic E-state index is 12.2. The van der Waals surface area contributed by atoms with E-state index in [9.17, 15) is 14.4 Å². The molecule has 0 radical (unpaired) electrons. The molecule has 0 unspecified atom stereocenters. The summed E-state index contributed by atoms with van der Waals surface area (Å²) in [6, 6.07) is 14.2. The van der Waals surface area contributed by atoms with E-state index in [1.54, 1.807) is 43.4 Å². The Hall–Kier alpha value is -2.87. The summed E-state index contributed by atoms with van der Waals surface area (Å²) in [5.74, 6) is -0.443. The standard InChI is InChI=1S/C23H28BrN3O4/c1-23(2,3)31-22(30)27(4)15-16-6-5-7-19(14-16)26-20(28)12-13-25-21(29)17-8-10-18(24)11-9-17/h5-11,14H,12-13,15H2,1-4H3,(H,25,29)(H,26,28). The lowest BCUT2D eigenvalue weighted by atomic mass is 10.2. The second-order valence-electron chi connectivity index (χ2n) is 8.10. The van der Waals surface area contributed by atoms with Crippen molar-refractivity contribution in [1.82, 2.24) is 10.2 Å². The van der Waals surface area contributed by atoms with E-state index in [1.165, 1.54) is 4.90 Å². The van der Waals surface area contributed by atoms with E-state index in [1.807, 2.05) is 32.9 Å². The van der Waals surface area contributed by atoms with E-state index in [4.69, 9.17) is 4.74 Å². The van der Waals surface area contributed by atoms with Gasteiger partial charge in [-0.1, -0.05) is 28.1 Å². The molecule has 0 atom stereocenters. The summed E-state index contributed by atoms with van der Waals surface area (Å²) in [6.45, 7) is 6.02. The third kappa shape index (κ3) is 8.80. The second kappa shape index (κ2) is 10.9. The summed E-state index contributed by atoms with van der Waals surface area (Å²) >= 11 is 3.32. The SMILES string of the molecule is CN(Cc1cccc(NC(=O)CCNC(=O)c2ccc(Br)cc2)c1)C(=O)OC(C)(C)C. The molecule has 0 saturated carbocycles. The molecule has 2 aromatic carbocycles. The minimum Gasteiger partial charge on any atom is -0.444 e. The van der Waals surface area contributed by atoms with Crippen molar-refractivity contribution in [3.8, 4) is 0 Å². The molecule has 31 heavy (non-hydrogen) atoms. The minimum absolute atomic E-state index is 0.143. The molecule has 166 valence electrons. The number of nitrogens with one attached hydrogen (secondary N) is 2. The van der Waals surface area contributed by atoms with Gasteiger partial charge in [0.25, 0.3) is 5.91 Å². The Balaban J connectivity index is 1.82. The van der Waals surface area contributed by atoms with Crippen LogP contribution in [0.3, 0.4) is 0 Å². The topological polar surface area (TPSA) is 87.7 Å². The van der Waals surface area contributed by atoms with Gasteiger partial charge < -0.3 is 20.3 Å². The Kier molecular flexibility index (Phi) is 8.62. The number of hydrogen-bond acceptors (Lipinski definition) is 4. The van der Waals surface area contributed by atoms with E-state index in [-0.39, 0.29) is 24.8 Å². The van der Waals surface area contributed by atoms with Crippen LogP contribution in [0, 0.1) is 0 Å². The van der Waals surface area contributed by atoms with Crippen molar-refractivity contribution < 1.29 is 19.1 Å². The summed E-state index contributed by atoms with van der Waals surface area (Å²) in [6.07, 6.45) is -0.270. The Morgan fingerprint density at radius 3 is 2.39 bits per heavy atom. The highest BCUT2D eigenvalue weighted by Gasteiger charge is 2.19. The first-order chi connectivity index (χ1) is 14.5. The number of halogens is 1. The van der Waals surface area contributed by atoms with Crippen LogP contribution in [0.1, 0.15) is 43.1 Å². The van der Waals surface area contributed by atoms with E-state index in [0.29, 0.717) is 17.8 Å². The number of nitrogens with zero attached hydrogens (tertiary/aromatic N) is 1. The van der Waals surface area contributed by atoms with Gasteiger partial charge in [-0.25, -0.2) is 4.79 Å². The first-order valence-corrected chi connectivity index (χ1v) is 10.7. The number of amides is 3. The maximum absolute atomic E-state index is 12.2. The molecule has 0 aliphatic heterocycles. The van der Waals surface area contributed by atoms with Crippen LogP contribution in [-0.4, -0.2) is 42.0 Å². The molecule has 2 aromatic rings. The molecule has 7 nitrogen and oxygen atoms in total. The molecule has 0 heterocycles. The van der Waals surface area contributed by atoms with Crippen LogP contribution in [0.15, 0.2) is 53.0 Å². The first kappa shape index (κ1) is 24.4. The van der Waals surface area contributed by atoms with Crippen LogP contribution in [0.4, 0.5) is 10.5 Å². The fraction of sp³-hybridized carbons (Fsp3) is 0.348. The molecule has 2 rings (SSSR count). The summed E-state index contributed by atoms with van der Waals surface area (Å²) in [7, 11) is 1.66. The lowest BCUT2D eigenvalue weighted by Crippen LogP contribution is -2.33. The van der Waals surface area contributed by atoms with E-state index >= 15 is 0 Å². The van der Waals surface area contributed by atoms with Gasteiger partial charge in [0.2, 0.25) is 5.91 Å². The molecule has 0 bridgehead atoms. The molecule has 0 saturated heterocycles. The van der Waals surface area contributed by atoms with Crippen LogP contribution in [0.25, 0.3) is 0 Å². The molecular formula is C23H28BrN3O4. The quantitative estimate of drug-likeness (QED) is 0.595. The molecule has 8 heteroatoms. The molecular weight excluding hydrogens is 462 g/mol. The number of carbonyl (C=O) groups excluding carboxylic acids is 3. The van der Waals surface area contributed by atoms with Gasteiger partial charge in [0, 0.05) is 42.3 Å². The van der Waals surface area contributed by atoms with Crippen molar-refractivity contribution >= 4 is 39.5 Å². The summed E-state index contributed by atoms with van der Waals surface area (Å²) < 4.78 is 6.24. The van der Waals surface area contributed by atoms with Crippen molar-refractivity contribution in [3.05, 3.63) is 64.1 Å². The molecule has 0 aliphatic carbocycles. The Morgan fingerprint density at radius 1 is 1.06 bits per heavy atom. The van der Waals surface area contributed by atoms with Crippen LogP contribution in [0.5, 0.6) is 0 Å². The zero-order valence-corrected chi connectivity index (χ0v) is 19.8. The Morgan fingerprint density at radius 2 is 1.74 bits per heavy atom. The number of benzene rings is 2. The molecule has 2 N–H and O–H groups in total. The largest absolute Gasteiger partial charge is 0.444 e. The van der Waals surface area contributed by atoms with E-state index < -0.39 is 11.7 Å². The van der Waals surface area contributed by atoms with E-state index in [0.717, 1.165) is 10.0 Å². The fourth-order valence-electron chi connectivity index (χ4n) is 2.64. The van der Waals surface area contributed by atoms with Crippen LogP contribution >= 0.6 is 15.9 Å². The van der Waals surface area contributed by atoms with Crippen LogP contribution < -0.4 is 10.6 Å². The third-order valence-electron chi connectivity index (χ3n) is 4.08. The zero-order chi connectivity index (χ0) is 23.0. The maximum Gasteiger partial charge on any atom is 0.410 e. The highest BCUT2D eigenvalue weighted by molar-refractivity contribution is 9.10. The highest BCUT2D eigenvalue weighted by atomic mass is 79.9. The minimum atomic E-state index is -0.562. The van der Waals surface area contributed by atoms with Gasteiger partial charge in [-0.2, -0.15) is 0 Å². The normalized spacial score (nSPS) is 10.9. The van der Waals surface area contributed by atoms with Gasteiger partial charge in [-0.3, -0.25) is 9.59 Å². The first-order valence-electron chi connectivity index (χ1n) is 9.90. The van der Waals surface area contributed by atoms with Crippen molar-refractivity contribution in [2.24, 2.45) is 0 Å². The average Bonchev–Trinajstić information content (AvgIpc) is 2.67. The van der Waals surface area contributed by atoms with Crippen molar-refractivity contribution in [2.75, 3.05) is 18.9 Å². The lowest BCUT2D eigenvalue weighted by Gasteiger charge is -2.24.